The Kier molecular flexibility index (Phi) is 5.09. The zero-order valence-corrected chi connectivity index (χ0v) is 9.69. The first-order chi connectivity index (χ1) is 8.13. The Balaban J connectivity index is 2.38. The van der Waals surface area contributed by atoms with E-state index in [2.05, 4.69) is 15.6 Å². The molecule has 0 aliphatic heterocycles. The van der Waals surface area contributed by atoms with Crippen LogP contribution >= 0.6 is 0 Å². The predicted molar refractivity (Wildman–Crippen MR) is 63.1 cm³/mol. The molecule has 0 saturated carbocycles. The maximum absolute atomic E-state index is 11.6. The molecule has 6 heteroatoms. The second-order valence-corrected chi connectivity index (χ2v) is 3.49. The maximum Gasteiger partial charge on any atom is 0.269 e. The van der Waals surface area contributed by atoms with Gasteiger partial charge in [-0.3, -0.25) is 14.6 Å². The van der Waals surface area contributed by atoms with Crippen molar-refractivity contribution in [2.75, 3.05) is 13.1 Å². The Labute approximate surface area is 99.6 Å². The van der Waals surface area contributed by atoms with Crippen LogP contribution < -0.4 is 16.4 Å². The average Bonchev–Trinajstić information content (AvgIpc) is 2.34. The summed E-state index contributed by atoms with van der Waals surface area (Å²) in [4.78, 5) is 26.1. The zero-order chi connectivity index (χ0) is 12.7. The molecule has 0 bridgehead atoms. The number of nitrogens with one attached hydrogen (secondary N) is 2. The molecule has 1 aromatic rings. The average molecular weight is 236 g/mol. The molecule has 1 aromatic heterocycles. The van der Waals surface area contributed by atoms with Crippen LogP contribution in [0.25, 0.3) is 0 Å². The number of amides is 2. The molecule has 2 amide bonds. The van der Waals surface area contributed by atoms with Crippen molar-refractivity contribution < 1.29 is 9.59 Å². The number of hydrogen-bond acceptors (Lipinski definition) is 4. The summed E-state index contributed by atoms with van der Waals surface area (Å²) in [6.07, 6.45) is 1.57. The summed E-state index contributed by atoms with van der Waals surface area (Å²) in [5, 5.41) is 5.22. The lowest BCUT2D eigenvalue weighted by atomic mass is 10.2. The summed E-state index contributed by atoms with van der Waals surface area (Å²) in [5.74, 6) is -0.386. The van der Waals surface area contributed by atoms with Crippen LogP contribution in [0.4, 0.5) is 0 Å². The van der Waals surface area contributed by atoms with E-state index < -0.39 is 0 Å². The number of pyridine rings is 1. The molecule has 0 fully saturated rings. The van der Waals surface area contributed by atoms with Crippen LogP contribution in [0, 0.1) is 0 Å². The van der Waals surface area contributed by atoms with Crippen molar-refractivity contribution in [2.45, 2.75) is 13.5 Å². The number of hydrogen-bond donors (Lipinski definition) is 3. The third-order valence-corrected chi connectivity index (χ3v) is 2.08. The minimum absolute atomic E-state index is 0.121. The molecular weight excluding hydrogens is 220 g/mol. The van der Waals surface area contributed by atoms with E-state index in [1.807, 2.05) is 0 Å². The first kappa shape index (κ1) is 13.1. The normalized spacial score (nSPS) is 9.76. The van der Waals surface area contributed by atoms with E-state index in [1.54, 1.807) is 18.3 Å². The standard InChI is InChI=1S/C11H16N4O2/c1-8(16)13-4-5-14-11(17)10-3-2-9(6-12)7-15-10/h2-3,7H,4-6,12H2,1H3,(H,13,16)(H,14,17). The largest absolute Gasteiger partial charge is 0.355 e. The van der Waals surface area contributed by atoms with Crippen molar-refractivity contribution in [1.29, 1.82) is 0 Å². The fraction of sp³-hybridized carbons (Fsp3) is 0.364. The molecule has 1 heterocycles. The van der Waals surface area contributed by atoms with Crippen LogP contribution in [0.5, 0.6) is 0 Å². The zero-order valence-electron chi connectivity index (χ0n) is 9.69. The van der Waals surface area contributed by atoms with E-state index in [4.69, 9.17) is 5.73 Å². The minimum Gasteiger partial charge on any atom is -0.355 e. The highest BCUT2D eigenvalue weighted by molar-refractivity contribution is 5.92. The van der Waals surface area contributed by atoms with Crippen LogP contribution in [-0.2, 0) is 11.3 Å². The van der Waals surface area contributed by atoms with Crippen molar-refractivity contribution in [3.8, 4) is 0 Å². The van der Waals surface area contributed by atoms with Gasteiger partial charge in [0.1, 0.15) is 5.69 Å². The molecule has 1 rings (SSSR count). The van der Waals surface area contributed by atoms with Gasteiger partial charge in [-0.1, -0.05) is 6.07 Å². The lowest BCUT2D eigenvalue weighted by molar-refractivity contribution is -0.118. The van der Waals surface area contributed by atoms with E-state index in [1.165, 1.54) is 6.92 Å². The van der Waals surface area contributed by atoms with Gasteiger partial charge >= 0.3 is 0 Å². The van der Waals surface area contributed by atoms with Crippen molar-refractivity contribution in [2.24, 2.45) is 5.73 Å². The molecule has 0 aliphatic carbocycles. The number of aromatic nitrogens is 1. The summed E-state index contributed by atoms with van der Waals surface area (Å²) in [6, 6.07) is 3.38. The monoisotopic (exact) mass is 236 g/mol. The topological polar surface area (TPSA) is 97.1 Å². The van der Waals surface area contributed by atoms with E-state index >= 15 is 0 Å². The maximum atomic E-state index is 11.6. The second-order valence-electron chi connectivity index (χ2n) is 3.49. The number of carbonyl (C=O) groups excluding carboxylic acids is 2. The summed E-state index contributed by atoms with van der Waals surface area (Å²) in [7, 11) is 0. The van der Waals surface area contributed by atoms with Crippen LogP contribution in [0.3, 0.4) is 0 Å². The van der Waals surface area contributed by atoms with Crippen LogP contribution in [0.15, 0.2) is 18.3 Å². The van der Waals surface area contributed by atoms with E-state index in [0.717, 1.165) is 5.56 Å². The molecule has 17 heavy (non-hydrogen) atoms. The van der Waals surface area contributed by atoms with Gasteiger partial charge < -0.3 is 16.4 Å². The molecule has 0 aliphatic rings. The van der Waals surface area contributed by atoms with Crippen LogP contribution in [0.1, 0.15) is 23.0 Å². The Hall–Kier alpha value is -1.95. The molecule has 0 radical (unpaired) electrons. The van der Waals surface area contributed by atoms with Gasteiger partial charge in [0.15, 0.2) is 0 Å². The van der Waals surface area contributed by atoms with Gasteiger partial charge in [0.05, 0.1) is 0 Å². The third kappa shape index (κ3) is 4.60. The van der Waals surface area contributed by atoms with Gasteiger partial charge in [-0.2, -0.15) is 0 Å². The molecule has 92 valence electrons. The predicted octanol–water partition coefficient (Wildman–Crippen LogP) is -0.594. The van der Waals surface area contributed by atoms with E-state index in [0.29, 0.717) is 25.3 Å². The van der Waals surface area contributed by atoms with Crippen LogP contribution in [0.2, 0.25) is 0 Å². The first-order valence-corrected chi connectivity index (χ1v) is 5.31. The molecule has 0 aromatic carbocycles. The van der Waals surface area contributed by atoms with Crippen LogP contribution in [-0.4, -0.2) is 29.9 Å². The number of rotatable bonds is 5. The summed E-state index contributed by atoms with van der Waals surface area (Å²) < 4.78 is 0. The molecule has 0 unspecified atom stereocenters. The fourth-order valence-electron chi connectivity index (χ4n) is 1.18. The van der Waals surface area contributed by atoms with Crippen molar-refractivity contribution >= 4 is 11.8 Å². The highest BCUT2D eigenvalue weighted by atomic mass is 16.2. The number of nitrogens with two attached hydrogens (primary N) is 1. The Morgan fingerprint density at radius 1 is 1.29 bits per heavy atom. The van der Waals surface area contributed by atoms with E-state index in [-0.39, 0.29) is 11.8 Å². The molecular formula is C11H16N4O2. The molecule has 4 N–H and O–H groups in total. The van der Waals surface area contributed by atoms with Crippen molar-refractivity contribution in [3.05, 3.63) is 29.6 Å². The van der Waals surface area contributed by atoms with Gasteiger partial charge in [-0.05, 0) is 11.6 Å². The quantitative estimate of drug-likeness (QED) is 0.595. The second kappa shape index (κ2) is 6.59. The first-order valence-electron chi connectivity index (χ1n) is 5.31. The SMILES string of the molecule is CC(=O)NCCNC(=O)c1ccc(CN)cn1. The third-order valence-electron chi connectivity index (χ3n) is 2.08. The highest BCUT2D eigenvalue weighted by Gasteiger charge is 2.05. The summed E-state index contributed by atoms with van der Waals surface area (Å²) in [6.45, 7) is 2.60. The lowest BCUT2D eigenvalue weighted by Crippen LogP contribution is -2.34. The number of nitrogens with zero attached hydrogens (tertiary/aromatic N) is 1. The van der Waals surface area contributed by atoms with Gasteiger partial charge in [-0.15, -0.1) is 0 Å². The van der Waals surface area contributed by atoms with Gasteiger partial charge in [0.25, 0.3) is 5.91 Å². The van der Waals surface area contributed by atoms with Crippen molar-refractivity contribution in [3.63, 3.8) is 0 Å². The molecule has 0 spiro atoms. The molecule has 6 nitrogen and oxygen atoms in total. The van der Waals surface area contributed by atoms with Gasteiger partial charge in [0, 0.05) is 32.8 Å². The number of carbonyl (C=O) groups is 2. The van der Waals surface area contributed by atoms with Crippen molar-refractivity contribution in [1.82, 2.24) is 15.6 Å². The van der Waals surface area contributed by atoms with Gasteiger partial charge in [-0.25, -0.2) is 0 Å². The minimum atomic E-state index is -0.265. The molecule has 0 saturated heterocycles. The smallest absolute Gasteiger partial charge is 0.269 e. The summed E-state index contributed by atoms with van der Waals surface area (Å²) >= 11 is 0. The Bertz CT molecular complexity index is 389. The Morgan fingerprint density at radius 3 is 2.53 bits per heavy atom. The van der Waals surface area contributed by atoms with Gasteiger partial charge in [0.2, 0.25) is 5.91 Å². The Morgan fingerprint density at radius 2 is 2.00 bits per heavy atom. The highest BCUT2D eigenvalue weighted by Crippen LogP contribution is 1.98. The lowest BCUT2D eigenvalue weighted by Gasteiger charge is -2.05. The van der Waals surface area contributed by atoms with E-state index in [9.17, 15) is 9.59 Å². The molecule has 0 atom stereocenters. The fourth-order valence-corrected chi connectivity index (χ4v) is 1.18. The summed E-state index contributed by atoms with van der Waals surface area (Å²) in [5.41, 5.74) is 6.63.